The van der Waals surface area contributed by atoms with Crippen LogP contribution in [0.25, 0.3) is 0 Å². The summed E-state index contributed by atoms with van der Waals surface area (Å²) in [7, 11) is 6.45. The van der Waals surface area contributed by atoms with Gasteiger partial charge in [0.05, 0.1) is 5.69 Å². The van der Waals surface area contributed by atoms with E-state index in [1.54, 1.807) is 0 Å². The minimum Gasteiger partial charge on any atom is -0.312 e. The molecule has 4 nitrogen and oxygen atoms in total. The molecule has 1 N–H and O–H groups in total. The summed E-state index contributed by atoms with van der Waals surface area (Å²) in [5.74, 6) is 0. The first kappa shape index (κ1) is 14.5. The molecule has 0 radical (unpaired) electrons. The molecule has 1 saturated carbocycles. The van der Waals surface area contributed by atoms with Gasteiger partial charge in [-0.15, -0.1) is 0 Å². The molecule has 4 heteroatoms. The molecule has 1 atom stereocenters. The highest BCUT2D eigenvalue weighted by Crippen LogP contribution is 2.37. The molecule has 19 heavy (non-hydrogen) atoms. The second-order valence-electron chi connectivity index (χ2n) is 6.00. The van der Waals surface area contributed by atoms with Gasteiger partial charge in [0.1, 0.15) is 0 Å². The first-order valence-electron chi connectivity index (χ1n) is 7.48. The predicted octanol–water partition coefficient (Wildman–Crippen LogP) is 1.82. The van der Waals surface area contributed by atoms with Crippen molar-refractivity contribution in [2.24, 2.45) is 7.05 Å². The van der Waals surface area contributed by atoms with Gasteiger partial charge >= 0.3 is 0 Å². The Balaban J connectivity index is 2.18. The molecule has 1 unspecified atom stereocenters. The zero-order valence-electron chi connectivity index (χ0n) is 12.8. The first-order chi connectivity index (χ1) is 9.08. The average Bonchev–Trinajstić information content (AvgIpc) is 2.98. The maximum absolute atomic E-state index is 4.55. The highest BCUT2D eigenvalue weighted by Gasteiger charge is 2.42. The number of aromatic nitrogens is 2. The molecule has 1 aromatic rings. The molecule has 0 spiro atoms. The molecular weight excluding hydrogens is 236 g/mol. The van der Waals surface area contributed by atoms with Crippen molar-refractivity contribution in [2.75, 3.05) is 20.6 Å². The Bertz CT molecular complexity index is 391. The first-order valence-corrected chi connectivity index (χ1v) is 7.48. The van der Waals surface area contributed by atoms with Crippen molar-refractivity contribution in [3.63, 3.8) is 0 Å². The van der Waals surface area contributed by atoms with E-state index in [0.717, 1.165) is 13.0 Å². The van der Waals surface area contributed by atoms with Gasteiger partial charge in [0.15, 0.2) is 0 Å². The SMILES string of the molecule is CCNC(Cc1ccn(C)n1)C1(N(C)C)CCCC1. The van der Waals surface area contributed by atoms with Crippen molar-refractivity contribution in [3.05, 3.63) is 18.0 Å². The summed E-state index contributed by atoms with van der Waals surface area (Å²) in [5.41, 5.74) is 1.50. The van der Waals surface area contributed by atoms with Crippen molar-refractivity contribution < 1.29 is 0 Å². The molecule has 0 saturated heterocycles. The van der Waals surface area contributed by atoms with Crippen LogP contribution in [0, 0.1) is 0 Å². The van der Waals surface area contributed by atoms with Crippen LogP contribution in [0.15, 0.2) is 12.3 Å². The Kier molecular flexibility index (Phi) is 4.63. The van der Waals surface area contributed by atoms with Gasteiger partial charge < -0.3 is 10.2 Å². The van der Waals surface area contributed by atoms with Gasteiger partial charge in [0.25, 0.3) is 0 Å². The molecule has 1 aliphatic carbocycles. The fourth-order valence-electron chi connectivity index (χ4n) is 3.57. The maximum Gasteiger partial charge on any atom is 0.0640 e. The fourth-order valence-corrected chi connectivity index (χ4v) is 3.57. The molecule has 0 aromatic carbocycles. The number of nitrogens with zero attached hydrogens (tertiary/aromatic N) is 3. The summed E-state index contributed by atoms with van der Waals surface area (Å²) in [4.78, 5) is 2.44. The van der Waals surface area contributed by atoms with Crippen molar-refractivity contribution >= 4 is 0 Å². The van der Waals surface area contributed by atoms with Crippen molar-refractivity contribution in [3.8, 4) is 0 Å². The van der Waals surface area contributed by atoms with Gasteiger partial charge in [-0.25, -0.2) is 0 Å². The lowest BCUT2D eigenvalue weighted by atomic mass is 9.84. The minimum atomic E-state index is 0.299. The quantitative estimate of drug-likeness (QED) is 0.851. The van der Waals surface area contributed by atoms with Crippen LogP contribution in [0.4, 0.5) is 0 Å². The van der Waals surface area contributed by atoms with E-state index in [1.807, 2.05) is 17.9 Å². The summed E-state index contributed by atoms with van der Waals surface area (Å²) < 4.78 is 1.90. The van der Waals surface area contributed by atoms with E-state index in [-0.39, 0.29) is 0 Å². The van der Waals surface area contributed by atoms with E-state index < -0.39 is 0 Å². The number of rotatable bonds is 6. The zero-order valence-corrected chi connectivity index (χ0v) is 12.8. The molecule has 1 fully saturated rings. The highest BCUT2D eigenvalue weighted by molar-refractivity contribution is 5.09. The van der Waals surface area contributed by atoms with E-state index >= 15 is 0 Å². The lowest BCUT2D eigenvalue weighted by Crippen LogP contribution is -2.58. The summed E-state index contributed by atoms with van der Waals surface area (Å²) in [5, 5.41) is 8.27. The Morgan fingerprint density at radius 2 is 2.11 bits per heavy atom. The van der Waals surface area contributed by atoms with E-state index in [2.05, 4.69) is 42.4 Å². The van der Waals surface area contributed by atoms with Crippen molar-refractivity contribution in [2.45, 2.75) is 50.6 Å². The Morgan fingerprint density at radius 1 is 1.42 bits per heavy atom. The third-order valence-corrected chi connectivity index (χ3v) is 4.64. The second-order valence-corrected chi connectivity index (χ2v) is 6.00. The normalized spacial score (nSPS) is 20.1. The Hall–Kier alpha value is -0.870. The topological polar surface area (TPSA) is 33.1 Å². The van der Waals surface area contributed by atoms with E-state index in [0.29, 0.717) is 11.6 Å². The summed E-state index contributed by atoms with van der Waals surface area (Å²) >= 11 is 0. The van der Waals surface area contributed by atoms with Crippen LogP contribution in [0.3, 0.4) is 0 Å². The molecule has 108 valence electrons. The van der Waals surface area contributed by atoms with Crippen LogP contribution in [0.5, 0.6) is 0 Å². The van der Waals surface area contributed by atoms with Gasteiger partial charge in [0, 0.05) is 31.2 Å². The molecule has 1 aromatic heterocycles. The van der Waals surface area contributed by atoms with Crippen LogP contribution in [0.1, 0.15) is 38.3 Å². The molecule has 0 aliphatic heterocycles. The summed E-state index contributed by atoms with van der Waals surface area (Å²) in [6.07, 6.45) is 8.35. The number of hydrogen-bond donors (Lipinski definition) is 1. The van der Waals surface area contributed by atoms with Crippen LogP contribution in [0.2, 0.25) is 0 Å². The van der Waals surface area contributed by atoms with E-state index in [4.69, 9.17) is 0 Å². The largest absolute Gasteiger partial charge is 0.312 e. The molecular formula is C15H28N4. The summed E-state index contributed by atoms with van der Waals surface area (Å²) in [6, 6.07) is 2.63. The number of nitrogens with one attached hydrogen (secondary N) is 1. The van der Waals surface area contributed by atoms with Crippen LogP contribution >= 0.6 is 0 Å². The molecule has 1 heterocycles. The van der Waals surface area contributed by atoms with Gasteiger partial charge in [-0.1, -0.05) is 19.8 Å². The smallest absolute Gasteiger partial charge is 0.0640 e. The monoisotopic (exact) mass is 264 g/mol. The van der Waals surface area contributed by atoms with Crippen LogP contribution < -0.4 is 5.32 Å². The third-order valence-electron chi connectivity index (χ3n) is 4.64. The third kappa shape index (κ3) is 3.00. The van der Waals surface area contributed by atoms with Crippen LogP contribution in [-0.2, 0) is 13.5 Å². The Morgan fingerprint density at radius 3 is 2.58 bits per heavy atom. The molecule has 1 aliphatic rings. The van der Waals surface area contributed by atoms with Gasteiger partial charge in [-0.3, -0.25) is 4.68 Å². The fraction of sp³-hybridized carbons (Fsp3) is 0.800. The molecule has 2 rings (SSSR count). The standard InChI is InChI=1S/C15H28N4/c1-5-16-14(12-13-8-11-19(4)17-13)15(18(2)3)9-6-7-10-15/h8,11,14,16H,5-7,9-10,12H2,1-4H3. The van der Waals surface area contributed by atoms with E-state index in [1.165, 1.54) is 31.4 Å². The second kappa shape index (κ2) is 6.06. The predicted molar refractivity (Wildman–Crippen MR) is 79.3 cm³/mol. The van der Waals surface area contributed by atoms with Crippen molar-refractivity contribution in [1.82, 2.24) is 20.0 Å². The number of likely N-dealkylation sites (N-methyl/N-ethyl adjacent to an activating group) is 2. The molecule has 0 amide bonds. The van der Waals surface area contributed by atoms with E-state index in [9.17, 15) is 0 Å². The Labute approximate surface area is 117 Å². The summed E-state index contributed by atoms with van der Waals surface area (Å²) in [6.45, 7) is 3.22. The maximum atomic E-state index is 4.55. The number of hydrogen-bond acceptors (Lipinski definition) is 3. The highest BCUT2D eigenvalue weighted by atomic mass is 15.3. The van der Waals surface area contributed by atoms with Gasteiger partial charge in [-0.2, -0.15) is 5.10 Å². The van der Waals surface area contributed by atoms with Gasteiger partial charge in [-0.05, 0) is 39.5 Å². The minimum absolute atomic E-state index is 0.299. The number of aryl methyl sites for hydroxylation is 1. The van der Waals surface area contributed by atoms with Crippen LogP contribution in [-0.4, -0.2) is 46.9 Å². The van der Waals surface area contributed by atoms with Gasteiger partial charge in [0.2, 0.25) is 0 Å². The van der Waals surface area contributed by atoms with Crippen molar-refractivity contribution in [1.29, 1.82) is 0 Å². The average molecular weight is 264 g/mol. The molecule has 0 bridgehead atoms. The lowest BCUT2D eigenvalue weighted by molar-refractivity contribution is 0.105. The zero-order chi connectivity index (χ0) is 13.9. The lowest BCUT2D eigenvalue weighted by Gasteiger charge is -2.43.